The monoisotopic (exact) mass is 175 g/mol. The average molecular weight is 175 g/mol. The molecule has 0 aromatic heterocycles. The molecule has 1 nitrogen and oxygen atoms in total. The van der Waals surface area contributed by atoms with Crippen LogP contribution >= 0.6 is 0 Å². The molecular formula is C12H17N. The van der Waals surface area contributed by atoms with E-state index in [-0.39, 0.29) is 0 Å². The zero-order chi connectivity index (χ0) is 9.26. The minimum atomic E-state index is 1.06. The Morgan fingerprint density at radius 2 is 2.08 bits per heavy atom. The number of benzene rings is 1. The van der Waals surface area contributed by atoms with E-state index in [1.165, 1.54) is 29.5 Å². The van der Waals surface area contributed by atoms with Gasteiger partial charge >= 0.3 is 0 Å². The van der Waals surface area contributed by atoms with E-state index in [4.69, 9.17) is 0 Å². The van der Waals surface area contributed by atoms with E-state index in [0.29, 0.717) is 0 Å². The molecule has 1 aromatic rings. The molecule has 1 heteroatoms. The fourth-order valence-corrected chi connectivity index (χ4v) is 2.18. The predicted molar refractivity (Wildman–Crippen MR) is 55.9 cm³/mol. The zero-order valence-corrected chi connectivity index (χ0v) is 8.48. The van der Waals surface area contributed by atoms with Crippen molar-refractivity contribution in [1.29, 1.82) is 0 Å². The van der Waals surface area contributed by atoms with E-state index in [1.807, 2.05) is 0 Å². The number of aryl methyl sites for hydroxylation is 3. The second kappa shape index (κ2) is 3.51. The Labute approximate surface area is 80.2 Å². The molecular weight excluding hydrogens is 158 g/mol. The highest BCUT2D eigenvalue weighted by molar-refractivity contribution is 5.38. The van der Waals surface area contributed by atoms with Crippen LogP contribution in [0.25, 0.3) is 0 Å². The Balaban J connectivity index is 2.47. The highest BCUT2D eigenvalue weighted by Crippen LogP contribution is 2.20. The lowest BCUT2D eigenvalue weighted by Gasteiger charge is -2.10. The molecule has 0 radical (unpaired) electrons. The number of hydrogen-bond donors (Lipinski definition) is 1. The van der Waals surface area contributed by atoms with Crippen molar-refractivity contribution in [3.63, 3.8) is 0 Å². The van der Waals surface area contributed by atoms with Crippen molar-refractivity contribution in [2.24, 2.45) is 0 Å². The van der Waals surface area contributed by atoms with Gasteiger partial charge < -0.3 is 5.32 Å². The van der Waals surface area contributed by atoms with Crippen LogP contribution in [0.5, 0.6) is 0 Å². The van der Waals surface area contributed by atoms with Crippen LogP contribution in [0.1, 0.15) is 28.7 Å². The second-order valence-electron chi connectivity index (χ2n) is 4.00. The highest BCUT2D eigenvalue weighted by atomic mass is 14.8. The number of hydrogen-bond acceptors (Lipinski definition) is 1. The molecule has 0 atom stereocenters. The summed E-state index contributed by atoms with van der Waals surface area (Å²) in [7, 11) is 0. The fourth-order valence-electron chi connectivity index (χ4n) is 2.18. The molecule has 1 aliphatic heterocycles. The van der Waals surface area contributed by atoms with Gasteiger partial charge in [-0.25, -0.2) is 0 Å². The lowest BCUT2D eigenvalue weighted by atomic mass is 9.97. The summed E-state index contributed by atoms with van der Waals surface area (Å²) >= 11 is 0. The summed E-state index contributed by atoms with van der Waals surface area (Å²) in [6.07, 6.45) is 2.51. The molecule has 0 amide bonds. The number of fused-ring (bicyclic) bond motifs is 1. The van der Waals surface area contributed by atoms with Gasteiger partial charge in [0.15, 0.2) is 0 Å². The van der Waals surface area contributed by atoms with Gasteiger partial charge in [-0.1, -0.05) is 17.7 Å². The van der Waals surface area contributed by atoms with Crippen LogP contribution in [-0.4, -0.2) is 6.54 Å². The van der Waals surface area contributed by atoms with Crippen molar-refractivity contribution in [2.45, 2.75) is 33.2 Å². The lowest BCUT2D eigenvalue weighted by molar-refractivity contribution is 0.679. The molecule has 0 spiro atoms. The van der Waals surface area contributed by atoms with Crippen molar-refractivity contribution >= 4 is 0 Å². The molecule has 0 bridgehead atoms. The van der Waals surface area contributed by atoms with Crippen molar-refractivity contribution in [1.82, 2.24) is 5.32 Å². The van der Waals surface area contributed by atoms with Crippen LogP contribution in [0, 0.1) is 13.8 Å². The normalized spacial score (nSPS) is 16.5. The SMILES string of the molecule is Cc1cc(C)c2c(c1)CCCNC2. The molecule has 1 heterocycles. The summed E-state index contributed by atoms with van der Waals surface area (Å²) in [5, 5.41) is 3.46. The molecule has 2 rings (SSSR count). The Morgan fingerprint density at radius 1 is 1.23 bits per heavy atom. The van der Waals surface area contributed by atoms with Crippen molar-refractivity contribution in [2.75, 3.05) is 6.54 Å². The third kappa shape index (κ3) is 1.75. The van der Waals surface area contributed by atoms with E-state index in [2.05, 4.69) is 31.3 Å². The third-order valence-electron chi connectivity index (χ3n) is 2.81. The van der Waals surface area contributed by atoms with E-state index < -0.39 is 0 Å². The van der Waals surface area contributed by atoms with Gasteiger partial charge in [0.25, 0.3) is 0 Å². The van der Waals surface area contributed by atoms with Crippen molar-refractivity contribution in [3.8, 4) is 0 Å². The van der Waals surface area contributed by atoms with Crippen LogP contribution in [0.2, 0.25) is 0 Å². The first-order valence-corrected chi connectivity index (χ1v) is 5.07. The van der Waals surface area contributed by atoms with E-state index in [0.717, 1.165) is 13.1 Å². The molecule has 0 fully saturated rings. The molecule has 13 heavy (non-hydrogen) atoms. The molecule has 0 saturated carbocycles. The van der Waals surface area contributed by atoms with E-state index in [9.17, 15) is 0 Å². The van der Waals surface area contributed by atoms with Gasteiger partial charge in [0.2, 0.25) is 0 Å². The molecule has 1 aliphatic rings. The highest BCUT2D eigenvalue weighted by Gasteiger charge is 2.09. The Hall–Kier alpha value is -0.820. The first-order chi connectivity index (χ1) is 6.27. The maximum atomic E-state index is 3.46. The Morgan fingerprint density at radius 3 is 2.92 bits per heavy atom. The van der Waals surface area contributed by atoms with Crippen molar-refractivity contribution < 1.29 is 0 Å². The molecule has 70 valence electrons. The number of nitrogens with one attached hydrogen (secondary N) is 1. The van der Waals surface area contributed by atoms with Gasteiger partial charge in [0.1, 0.15) is 0 Å². The first kappa shape index (κ1) is 8.76. The molecule has 0 unspecified atom stereocenters. The van der Waals surface area contributed by atoms with Gasteiger partial charge in [0.05, 0.1) is 0 Å². The Bertz CT molecular complexity index is 315. The smallest absolute Gasteiger partial charge is 0.0210 e. The largest absolute Gasteiger partial charge is 0.313 e. The summed E-state index contributed by atoms with van der Waals surface area (Å²) in [4.78, 5) is 0. The fraction of sp³-hybridized carbons (Fsp3) is 0.500. The first-order valence-electron chi connectivity index (χ1n) is 5.07. The second-order valence-corrected chi connectivity index (χ2v) is 4.00. The van der Waals surface area contributed by atoms with Crippen molar-refractivity contribution in [3.05, 3.63) is 34.4 Å². The summed E-state index contributed by atoms with van der Waals surface area (Å²) in [5.41, 5.74) is 5.94. The van der Waals surface area contributed by atoms with Crippen LogP contribution in [0.4, 0.5) is 0 Å². The maximum Gasteiger partial charge on any atom is 0.0210 e. The summed E-state index contributed by atoms with van der Waals surface area (Å²) < 4.78 is 0. The minimum absolute atomic E-state index is 1.06. The van der Waals surface area contributed by atoms with Gasteiger partial charge in [-0.15, -0.1) is 0 Å². The summed E-state index contributed by atoms with van der Waals surface area (Å²) in [6, 6.07) is 4.63. The van der Waals surface area contributed by atoms with E-state index >= 15 is 0 Å². The maximum absolute atomic E-state index is 3.46. The lowest BCUT2D eigenvalue weighted by Crippen LogP contribution is -2.12. The van der Waals surface area contributed by atoms with Crippen LogP contribution in [0.15, 0.2) is 12.1 Å². The predicted octanol–water partition coefficient (Wildman–Crippen LogP) is 2.34. The Kier molecular flexibility index (Phi) is 2.36. The zero-order valence-electron chi connectivity index (χ0n) is 8.48. The average Bonchev–Trinajstić information content (AvgIpc) is 2.28. The molecule has 1 N–H and O–H groups in total. The van der Waals surface area contributed by atoms with Crippen LogP contribution in [-0.2, 0) is 13.0 Å². The molecule has 1 aromatic carbocycles. The standard InChI is InChI=1S/C12H17N/c1-9-6-10(2)12-8-13-5-3-4-11(12)7-9/h6-7,13H,3-5,8H2,1-2H3. The van der Waals surface area contributed by atoms with Gasteiger partial charge in [-0.3, -0.25) is 0 Å². The van der Waals surface area contributed by atoms with Gasteiger partial charge in [-0.05, 0) is 49.9 Å². The third-order valence-corrected chi connectivity index (χ3v) is 2.81. The van der Waals surface area contributed by atoms with Gasteiger partial charge in [-0.2, -0.15) is 0 Å². The quantitative estimate of drug-likeness (QED) is 0.638. The van der Waals surface area contributed by atoms with Gasteiger partial charge in [0, 0.05) is 6.54 Å². The topological polar surface area (TPSA) is 12.0 Å². The number of rotatable bonds is 0. The van der Waals surface area contributed by atoms with Crippen LogP contribution < -0.4 is 5.32 Å². The molecule has 0 aliphatic carbocycles. The molecule has 0 saturated heterocycles. The summed E-state index contributed by atoms with van der Waals surface area (Å²) in [6.45, 7) is 6.62. The minimum Gasteiger partial charge on any atom is -0.313 e. The summed E-state index contributed by atoms with van der Waals surface area (Å²) in [5.74, 6) is 0. The van der Waals surface area contributed by atoms with Crippen LogP contribution in [0.3, 0.4) is 0 Å². The van der Waals surface area contributed by atoms with E-state index in [1.54, 1.807) is 5.56 Å².